The van der Waals surface area contributed by atoms with Gasteiger partial charge in [-0.1, -0.05) is 12.8 Å². The lowest BCUT2D eigenvalue weighted by atomic mass is 10.1. The number of ether oxygens (including phenoxy) is 1. The zero-order valence-corrected chi connectivity index (χ0v) is 9.75. The molecule has 0 aliphatic carbocycles. The highest BCUT2D eigenvalue weighted by molar-refractivity contribution is 4.99. The lowest BCUT2D eigenvalue weighted by Crippen LogP contribution is -2.46. The molecule has 0 aromatic carbocycles. The summed E-state index contributed by atoms with van der Waals surface area (Å²) in [5.41, 5.74) is 0. The first-order valence-electron chi connectivity index (χ1n) is 5.79. The number of nitrogens with one attached hydrogen (secondary N) is 2. The van der Waals surface area contributed by atoms with Crippen molar-refractivity contribution < 1.29 is 4.74 Å². The molecular formula is C12H22N2O. The van der Waals surface area contributed by atoms with E-state index in [9.17, 15) is 0 Å². The van der Waals surface area contributed by atoms with E-state index in [1.807, 2.05) is 0 Å². The lowest BCUT2D eigenvalue weighted by Gasteiger charge is -2.27. The van der Waals surface area contributed by atoms with Gasteiger partial charge < -0.3 is 15.4 Å². The first-order valence-corrected chi connectivity index (χ1v) is 5.79. The number of rotatable bonds is 5. The molecule has 0 bridgehead atoms. The van der Waals surface area contributed by atoms with Gasteiger partial charge in [-0.3, -0.25) is 0 Å². The van der Waals surface area contributed by atoms with E-state index < -0.39 is 0 Å². The van der Waals surface area contributed by atoms with Gasteiger partial charge in [0, 0.05) is 18.6 Å². The third-order valence-electron chi connectivity index (χ3n) is 2.73. The van der Waals surface area contributed by atoms with Crippen LogP contribution in [0.15, 0.2) is 0 Å². The molecule has 1 heterocycles. The average Bonchev–Trinajstić information content (AvgIpc) is 2.27. The molecule has 3 nitrogen and oxygen atoms in total. The molecule has 0 aromatic heterocycles. The number of morpholine rings is 1. The summed E-state index contributed by atoms with van der Waals surface area (Å²) in [6.45, 7) is 6.89. The van der Waals surface area contributed by atoms with Gasteiger partial charge in [0.25, 0.3) is 0 Å². The van der Waals surface area contributed by atoms with Gasteiger partial charge in [-0.2, -0.15) is 0 Å². The van der Waals surface area contributed by atoms with Gasteiger partial charge in [0.2, 0.25) is 0 Å². The lowest BCUT2D eigenvalue weighted by molar-refractivity contribution is 0.0710. The Labute approximate surface area is 93.0 Å². The van der Waals surface area contributed by atoms with Gasteiger partial charge in [-0.05, 0) is 19.8 Å². The maximum atomic E-state index is 5.41. The van der Waals surface area contributed by atoms with Crippen LogP contribution in [0.2, 0.25) is 0 Å². The summed E-state index contributed by atoms with van der Waals surface area (Å²) in [6.07, 6.45) is 7.46. The summed E-state index contributed by atoms with van der Waals surface area (Å²) >= 11 is 0. The Bertz CT molecular complexity index is 206. The molecule has 0 spiro atoms. The molecule has 3 heteroatoms. The van der Waals surface area contributed by atoms with Crippen LogP contribution < -0.4 is 10.6 Å². The van der Waals surface area contributed by atoms with Gasteiger partial charge in [-0.15, -0.1) is 6.42 Å². The molecule has 3 atom stereocenters. The molecule has 1 aliphatic rings. The zero-order chi connectivity index (χ0) is 11.1. The van der Waals surface area contributed by atoms with E-state index >= 15 is 0 Å². The quantitative estimate of drug-likeness (QED) is 0.657. The van der Waals surface area contributed by atoms with Crippen molar-refractivity contribution in [2.45, 2.75) is 44.8 Å². The molecule has 0 aromatic rings. The molecule has 1 aliphatic heterocycles. The summed E-state index contributed by atoms with van der Waals surface area (Å²) < 4.78 is 5.41. The van der Waals surface area contributed by atoms with Crippen LogP contribution in [0, 0.1) is 12.3 Å². The Morgan fingerprint density at radius 3 is 3.00 bits per heavy atom. The molecule has 0 amide bonds. The minimum absolute atomic E-state index is 0.199. The summed E-state index contributed by atoms with van der Waals surface area (Å²) in [6, 6.07) is 1.10. The third kappa shape index (κ3) is 4.65. The van der Waals surface area contributed by atoms with Gasteiger partial charge in [-0.25, -0.2) is 0 Å². The Hall–Kier alpha value is -0.560. The fourth-order valence-corrected chi connectivity index (χ4v) is 1.89. The van der Waals surface area contributed by atoms with Crippen LogP contribution in [0.25, 0.3) is 0 Å². The molecule has 1 rings (SSSR count). The largest absolute Gasteiger partial charge is 0.379 e. The van der Waals surface area contributed by atoms with E-state index in [1.165, 1.54) is 0 Å². The highest BCUT2D eigenvalue weighted by atomic mass is 16.5. The Morgan fingerprint density at radius 1 is 1.67 bits per heavy atom. The molecule has 86 valence electrons. The van der Waals surface area contributed by atoms with E-state index in [-0.39, 0.29) is 6.04 Å². The van der Waals surface area contributed by atoms with Crippen LogP contribution in [-0.4, -0.2) is 37.9 Å². The number of hydrogen-bond donors (Lipinski definition) is 2. The summed E-state index contributed by atoms with van der Waals surface area (Å²) in [5.74, 6) is 2.76. The van der Waals surface area contributed by atoms with E-state index in [0.717, 1.165) is 32.6 Å². The Kier molecular flexibility index (Phi) is 5.70. The molecule has 0 radical (unpaired) electrons. The van der Waals surface area contributed by atoms with Gasteiger partial charge in [0.05, 0.1) is 19.3 Å². The molecule has 15 heavy (non-hydrogen) atoms. The van der Waals surface area contributed by atoms with Crippen LogP contribution >= 0.6 is 0 Å². The standard InChI is InChI=1S/C12H22N2O/c1-4-11(5-2)14-10(3)8-12-9-15-7-6-13-12/h1,10-14H,5-9H2,2-3H3. The fraction of sp³-hybridized carbons (Fsp3) is 0.833. The van der Waals surface area contributed by atoms with E-state index in [4.69, 9.17) is 11.2 Å². The molecule has 3 unspecified atom stereocenters. The normalized spacial score (nSPS) is 25.5. The minimum Gasteiger partial charge on any atom is -0.379 e. The Morgan fingerprint density at radius 2 is 2.47 bits per heavy atom. The molecule has 2 N–H and O–H groups in total. The van der Waals surface area contributed by atoms with Crippen molar-refractivity contribution >= 4 is 0 Å². The number of terminal acetylenes is 1. The van der Waals surface area contributed by atoms with E-state index in [2.05, 4.69) is 30.4 Å². The summed E-state index contributed by atoms with van der Waals surface area (Å²) in [4.78, 5) is 0. The van der Waals surface area contributed by atoms with Gasteiger partial charge in [0.1, 0.15) is 0 Å². The van der Waals surface area contributed by atoms with Gasteiger partial charge >= 0.3 is 0 Å². The highest BCUT2D eigenvalue weighted by Gasteiger charge is 2.17. The second kappa shape index (κ2) is 6.84. The molecular weight excluding hydrogens is 188 g/mol. The average molecular weight is 210 g/mol. The van der Waals surface area contributed by atoms with Crippen LogP contribution in [0.3, 0.4) is 0 Å². The van der Waals surface area contributed by atoms with Crippen molar-refractivity contribution in [2.75, 3.05) is 19.8 Å². The minimum atomic E-state index is 0.199. The van der Waals surface area contributed by atoms with Crippen molar-refractivity contribution in [3.8, 4) is 12.3 Å². The van der Waals surface area contributed by atoms with Crippen LogP contribution in [0.1, 0.15) is 26.7 Å². The smallest absolute Gasteiger partial charge is 0.0686 e. The monoisotopic (exact) mass is 210 g/mol. The van der Waals surface area contributed by atoms with Crippen molar-refractivity contribution in [1.29, 1.82) is 0 Å². The van der Waals surface area contributed by atoms with E-state index in [1.54, 1.807) is 0 Å². The predicted molar refractivity (Wildman–Crippen MR) is 62.7 cm³/mol. The van der Waals surface area contributed by atoms with Gasteiger partial charge in [0.15, 0.2) is 0 Å². The van der Waals surface area contributed by atoms with Crippen molar-refractivity contribution in [3.05, 3.63) is 0 Å². The first-order chi connectivity index (χ1) is 7.26. The summed E-state index contributed by atoms with van der Waals surface area (Å²) in [5, 5.41) is 6.87. The summed E-state index contributed by atoms with van der Waals surface area (Å²) in [7, 11) is 0. The third-order valence-corrected chi connectivity index (χ3v) is 2.73. The Balaban J connectivity index is 2.22. The fourth-order valence-electron chi connectivity index (χ4n) is 1.89. The first kappa shape index (κ1) is 12.5. The topological polar surface area (TPSA) is 33.3 Å². The second-order valence-corrected chi connectivity index (χ2v) is 4.16. The second-order valence-electron chi connectivity index (χ2n) is 4.16. The predicted octanol–water partition coefficient (Wildman–Crippen LogP) is 0.755. The molecule has 1 saturated heterocycles. The van der Waals surface area contributed by atoms with E-state index in [0.29, 0.717) is 12.1 Å². The number of hydrogen-bond acceptors (Lipinski definition) is 3. The van der Waals surface area contributed by atoms with Crippen LogP contribution in [-0.2, 0) is 4.74 Å². The van der Waals surface area contributed by atoms with Crippen molar-refractivity contribution in [3.63, 3.8) is 0 Å². The SMILES string of the molecule is C#CC(CC)NC(C)CC1COCCN1. The zero-order valence-electron chi connectivity index (χ0n) is 9.75. The van der Waals surface area contributed by atoms with Crippen molar-refractivity contribution in [1.82, 2.24) is 10.6 Å². The van der Waals surface area contributed by atoms with Crippen molar-refractivity contribution in [2.24, 2.45) is 0 Å². The molecule has 1 fully saturated rings. The highest BCUT2D eigenvalue weighted by Crippen LogP contribution is 2.04. The van der Waals surface area contributed by atoms with Crippen LogP contribution in [0.4, 0.5) is 0 Å². The maximum Gasteiger partial charge on any atom is 0.0686 e. The van der Waals surface area contributed by atoms with Crippen LogP contribution in [0.5, 0.6) is 0 Å². The molecule has 0 saturated carbocycles. The maximum absolute atomic E-state index is 5.41.